The number of allylic oxidation sites excluding steroid dienone is 5. The smallest absolute Gasteiger partial charge is 0.345 e. The lowest BCUT2D eigenvalue weighted by Crippen LogP contribution is -2.22. The van der Waals surface area contributed by atoms with Crippen molar-refractivity contribution in [3.8, 4) is 0 Å². The van der Waals surface area contributed by atoms with Crippen LogP contribution in [0.1, 0.15) is 53.4 Å². The van der Waals surface area contributed by atoms with Gasteiger partial charge in [-0.05, 0) is 36.0 Å². The van der Waals surface area contributed by atoms with Gasteiger partial charge in [0.1, 0.15) is 5.57 Å². The Bertz CT molecular complexity index is 543. The summed E-state index contributed by atoms with van der Waals surface area (Å²) in [6, 6.07) is 0. The fourth-order valence-corrected chi connectivity index (χ4v) is 2.14. The minimum Gasteiger partial charge on any atom is -0.501 e. The van der Waals surface area contributed by atoms with Crippen LogP contribution in [0.5, 0.6) is 0 Å². The van der Waals surface area contributed by atoms with Gasteiger partial charge in [-0.15, -0.1) is 0 Å². The van der Waals surface area contributed by atoms with E-state index in [1.165, 1.54) is 0 Å². The SMILES string of the molecule is CCC(C)COC(=O)C(=CC1=CC=C(OC)CC1)C(=O)OCC(C)CC. The zero-order valence-electron chi connectivity index (χ0n) is 16.7. The summed E-state index contributed by atoms with van der Waals surface area (Å²) in [6.07, 6.45) is 8.52. The Morgan fingerprint density at radius 1 is 1.00 bits per heavy atom. The first-order valence-electron chi connectivity index (χ1n) is 9.40. The molecule has 5 heteroatoms. The monoisotopic (exact) mass is 364 g/mol. The summed E-state index contributed by atoms with van der Waals surface area (Å²) in [7, 11) is 1.63. The summed E-state index contributed by atoms with van der Waals surface area (Å²) in [5.74, 6) is 0.126. The predicted molar refractivity (Wildman–Crippen MR) is 101 cm³/mol. The van der Waals surface area contributed by atoms with Gasteiger partial charge >= 0.3 is 11.9 Å². The highest BCUT2D eigenvalue weighted by Crippen LogP contribution is 2.21. The maximum absolute atomic E-state index is 12.5. The fourth-order valence-electron chi connectivity index (χ4n) is 2.14. The zero-order chi connectivity index (χ0) is 19.5. The van der Waals surface area contributed by atoms with E-state index in [-0.39, 0.29) is 30.6 Å². The van der Waals surface area contributed by atoms with Crippen molar-refractivity contribution < 1.29 is 23.8 Å². The minimum absolute atomic E-state index is 0.0443. The minimum atomic E-state index is -0.623. The van der Waals surface area contributed by atoms with E-state index < -0.39 is 11.9 Å². The van der Waals surface area contributed by atoms with Crippen LogP contribution in [0.25, 0.3) is 0 Å². The molecule has 1 aliphatic carbocycles. The Kier molecular flexibility index (Phi) is 9.78. The Morgan fingerprint density at radius 3 is 1.92 bits per heavy atom. The molecule has 0 aromatic heterocycles. The van der Waals surface area contributed by atoms with Crippen LogP contribution in [0.4, 0.5) is 0 Å². The molecule has 0 spiro atoms. The van der Waals surface area contributed by atoms with Gasteiger partial charge in [0, 0.05) is 6.42 Å². The van der Waals surface area contributed by atoms with E-state index >= 15 is 0 Å². The van der Waals surface area contributed by atoms with Gasteiger partial charge in [0.05, 0.1) is 26.1 Å². The molecular formula is C21H32O5. The van der Waals surface area contributed by atoms with Crippen LogP contribution < -0.4 is 0 Å². The zero-order valence-corrected chi connectivity index (χ0v) is 16.7. The second-order valence-electron chi connectivity index (χ2n) is 6.86. The number of carbonyl (C=O) groups excluding carboxylic acids is 2. The molecule has 1 aliphatic rings. The second-order valence-corrected chi connectivity index (χ2v) is 6.86. The molecule has 0 radical (unpaired) electrons. The number of rotatable bonds is 10. The van der Waals surface area contributed by atoms with E-state index in [2.05, 4.69) is 0 Å². The lowest BCUT2D eigenvalue weighted by atomic mass is 10.0. The van der Waals surface area contributed by atoms with Gasteiger partial charge in [-0.2, -0.15) is 0 Å². The molecule has 2 unspecified atom stereocenters. The van der Waals surface area contributed by atoms with Gasteiger partial charge < -0.3 is 14.2 Å². The fraction of sp³-hybridized carbons (Fsp3) is 0.619. The van der Waals surface area contributed by atoms with Gasteiger partial charge in [-0.25, -0.2) is 9.59 Å². The van der Waals surface area contributed by atoms with Gasteiger partial charge in [0.25, 0.3) is 0 Å². The van der Waals surface area contributed by atoms with Crippen LogP contribution in [-0.4, -0.2) is 32.3 Å². The normalized spacial score (nSPS) is 15.9. The molecule has 0 amide bonds. The van der Waals surface area contributed by atoms with Crippen molar-refractivity contribution in [1.29, 1.82) is 0 Å². The summed E-state index contributed by atoms with van der Waals surface area (Å²) in [4.78, 5) is 24.9. The van der Waals surface area contributed by atoms with Gasteiger partial charge in [-0.3, -0.25) is 0 Å². The van der Waals surface area contributed by atoms with Crippen molar-refractivity contribution in [3.63, 3.8) is 0 Å². The molecule has 0 N–H and O–H groups in total. The largest absolute Gasteiger partial charge is 0.501 e. The third-order valence-corrected chi connectivity index (χ3v) is 4.57. The maximum Gasteiger partial charge on any atom is 0.345 e. The number of carbonyl (C=O) groups is 2. The van der Waals surface area contributed by atoms with Crippen LogP contribution in [0, 0.1) is 11.8 Å². The van der Waals surface area contributed by atoms with Gasteiger partial charge in [0.2, 0.25) is 0 Å². The molecule has 0 bridgehead atoms. The molecule has 0 saturated heterocycles. The van der Waals surface area contributed by atoms with E-state index in [1.807, 2.05) is 39.8 Å². The summed E-state index contributed by atoms with van der Waals surface area (Å²) in [6.45, 7) is 8.64. The van der Waals surface area contributed by atoms with E-state index in [1.54, 1.807) is 13.2 Å². The Morgan fingerprint density at radius 2 is 1.54 bits per heavy atom. The average molecular weight is 364 g/mol. The lowest BCUT2D eigenvalue weighted by molar-refractivity contribution is -0.148. The standard InChI is InChI=1S/C21H32O5/c1-6-15(3)13-25-20(22)19(21(23)26-14-16(4)7-2)12-17-8-10-18(24-5)11-9-17/h8,10,12,15-16H,6-7,9,11,13-14H2,1-5H3. The van der Waals surface area contributed by atoms with Gasteiger partial charge in [0.15, 0.2) is 0 Å². The molecule has 0 aliphatic heterocycles. The van der Waals surface area contributed by atoms with E-state index in [9.17, 15) is 9.59 Å². The molecule has 0 aromatic carbocycles. The molecular weight excluding hydrogens is 332 g/mol. The number of esters is 2. The second kappa shape index (κ2) is 11.6. The molecule has 5 nitrogen and oxygen atoms in total. The molecule has 146 valence electrons. The summed E-state index contributed by atoms with van der Waals surface area (Å²) in [5, 5.41) is 0. The first-order valence-corrected chi connectivity index (χ1v) is 9.40. The van der Waals surface area contributed by atoms with Gasteiger partial charge in [-0.1, -0.05) is 46.6 Å². The average Bonchev–Trinajstić information content (AvgIpc) is 2.68. The topological polar surface area (TPSA) is 61.8 Å². The highest BCUT2D eigenvalue weighted by atomic mass is 16.6. The third kappa shape index (κ3) is 7.46. The Hall–Kier alpha value is -2.04. The van der Waals surface area contributed by atoms with Crippen molar-refractivity contribution in [3.05, 3.63) is 35.1 Å². The van der Waals surface area contributed by atoms with Crippen LogP contribution in [0.3, 0.4) is 0 Å². The van der Waals surface area contributed by atoms with Crippen LogP contribution >= 0.6 is 0 Å². The van der Waals surface area contributed by atoms with Crippen molar-refractivity contribution >= 4 is 11.9 Å². The number of methoxy groups -OCH3 is 1. The molecule has 0 fully saturated rings. The number of ether oxygens (including phenoxy) is 3. The van der Waals surface area contributed by atoms with E-state index in [0.717, 1.165) is 30.6 Å². The molecule has 1 rings (SSSR count). The maximum atomic E-state index is 12.5. The van der Waals surface area contributed by atoms with Crippen molar-refractivity contribution in [1.82, 2.24) is 0 Å². The highest BCUT2D eigenvalue weighted by Gasteiger charge is 2.23. The van der Waals surface area contributed by atoms with Crippen molar-refractivity contribution in [2.75, 3.05) is 20.3 Å². The third-order valence-electron chi connectivity index (χ3n) is 4.57. The molecule has 2 atom stereocenters. The Balaban J connectivity index is 2.92. The predicted octanol–water partition coefficient (Wildman–Crippen LogP) is 4.34. The van der Waals surface area contributed by atoms with Crippen molar-refractivity contribution in [2.24, 2.45) is 11.8 Å². The number of hydrogen-bond donors (Lipinski definition) is 0. The Labute approximate surface area is 157 Å². The first-order chi connectivity index (χ1) is 12.4. The molecule has 26 heavy (non-hydrogen) atoms. The van der Waals surface area contributed by atoms with E-state index in [4.69, 9.17) is 14.2 Å². The first kappa shape index (κ1) is 22.0. The quantitative estimate of drug-likeness (QED) is 0.250. The highest BCUT2D eigenvalue weighted by molar-refractivity contribution is 6.14. The molecule has 0 aromatic rings. The van der Waals surface area contributed by atoms with Crippen LogP contribution in [0.15, 0.2) is 35.1 Å². The summed E-state index contributed by atoms with van der Waals surface area (Å²) < 4.78 is 15.8. The van der Waals surface area contributed by atoms with Crippen molar-refractivity contribution in [2.45, 2.75) is 53.4 Å². The molecule has 0 heterocycles. The lowest BCUT2D eigenvalue weighted by Gasteiger charge is -2.15. The summed E-state index contributed by atoms with van der Waals surface area (Å²) in [5.41, 5.74) is 0.832. The summed E-state index contributed by atoms with van der Waals surface area (Å²) >= 11 is 0. The van der Waals surface area contributed by atoms with Crippen LogP contribution in [-0.2, 0) is 23.8 Å². The van der Waals surface area contributed by atoms with E-state index in [0.29, 0.717) is 6.42 Å². The molecule has 0 saturated carbocycles. The van der Waals surface area contributed by atoms with Crippen LogP contribution in [0.2, 0.25) is 0 Å². The number of hydrogen-bond acceptors (Lipinski definition) is 5.